The lowest BCUT2D eigenvalue weighted by atomic mass is 9.94. The molecule has 20 heavy (non-hydrogen) atoms. The summed E-state index contributed by atoms with van der Waals surface area (Å²) in [5, 5.41) is 0. The Morgan fingerprint density at radius 1 is 0.950 bits per heavy atom. The maximum absolute atomic E-state index is 13.7. The monoisotopic (exact) mass is 300 g/mol. The maximum atomic E-state index is 13.7. The van der Waals surface area contributed by atoms with E-state index in [4.69, 9.17) is 0 Å². The van der Waals surface area contributed by atoms with Gasteiger partial charge in [-0.15, -0.1) is 0 Å². The van der Waals surface area contributed by atoms with Crippen molar-refractivity contribution < 1.29 is 30.7 Å². The van der Waals surface area contributed by atoms with Crippen molar-refractivity contribution in [3.8, 4) is 0 Å². The molecule has 0 nitrogen and oxygen atoms in total. The summed E-state index contributed by atoms with van der Waals surface area (Å²) in [5.74, 6) is -11.5. The van der Waals surface area contributed by atoms with Gasteiger partial charge in [0.05, 0.1) is 0 Å². The van der Waals surface area contributed by atoms with E-state index in [9.17, 15) is 30.7 Å². The quantitative estimate of drug-likeness (QED) is 0.661. The zero-order valence-corrected chi connectivity index (χ0v) is 10.3. The van der Waals surface area contributed by atoms with Crippen LogP contribution in [-0.4, -0.2) is 18.0 Å². The molecule has 0 radical (unpaired) electrons. The summed E-state index contributed by atoms with van der Waals surface area (Å²) in [5.41, 5.74) is -1.70. The van der Waals surface area contributed by atoms with E-state index in [1.165, 1.54) is 25.1 Å². The van der Waals surface area contributed by atoms with Gasteiger partial charge in [0.2, 0.25) is 0 Å². The molecule has 0 bridgehead atoms. The summed E-state index contributed by atoms with van der Waals surface area (Å²) < 4.78 is 90.1. The molecule has 7 heteroatoms. The minimum atomic E-state index is -6.34. The molecule has 0 saturated carbocycles. The minimum absolute atomic E-state index is 0.103. The first-order valence-corrected chi connectivity index (χ1v) is 5.64. The van der Waals surface area contributed by atoms with E-state index in [1.54, 1.807) is 0 Å². The zero-order valence-electron chi connectivity index (χ0n) is 10.3. The third-order valence-corrected chi connectivity index (χ3v) is 2.58. The molecule has 0 aliphatic carbocycles. The third kappa shape index (κ3) is 2.81. The summed E-state index contributed by atoms with van der Waals surface area (Å²) >= 11 is 0. The summed E-state index contributed by atoms with van der Waals surface area (Å²) in [4.78, 5) is 0. The van der Waals surface area contributed by atoms with Gasteiger partial charge in [-0.05, 0) is 12.0 Å². The second-order valence-corrected chi connectivity index (χ2v) is 4.04. The van der Waals surface area contributed by atoms with Crippen molar-refractivity contribution in [2.75, 3.05) is 0 Å². The van der Waals surface area contributed by atoms with Crippen LogP contribution in [0.15, 0.2) is 36.4 Å². The van der Waals surface area contributed by atoms with Crippen molar-refractivity contribution in [2.45, 2.75) is 31.4 Å². The van der Waals surface area contributed by atoms with Crippen LogP contribution in [0, 0.1) is 0 Å². The van der Waals surface area contributed by atoms with Gasteiger partial charge in [-0.2, -0.15) is 30.7 Å². The van der Waals surface area contributed by atoms with Gasteiger partial charge in [0.1, 0.15) is 0 Å². The smallest absolute Gasteiger partial charge is 0.194 e. The topological polar surface area (TPSA) is 0 Å². The first-order valence-electron chi connectivity index (χ1n) is 5.64. The SMILES string of the molecule is CC/C=C(\c1ccccc1)C(F)(F)C(F)(F)C(F)(F)F. The van der Waals surface area contributed by atoms with Crippen LogP contribution in [0.4, 0.5) is 30.7 Å². The molecule has 0 N–H and O–H groups in total. The fourth-order valence-electron chi connectivity index (χ4n) is 1.60. The first-order chi connectivity index (χ1) is 9.05. The van der Waals surface area contributed by atoms with Crippen LogP contribution in [0.25, 0.3) is 5.57 Å². The van der Waals surface area contributed by atoms with Crippen molar-refractivity contribution >= 4 is 5.57 Å². The van der Waals surface area contributed by atoms with Crippen molar-refractivity contribution in [3.05, 3.63) is 42.0 Å². The fraction of sp³-hybridized carbons (Fsp3) is 0.385. The number of rotatable bonds is 4. The van der Waals surface area contributed by atoms with Crippen LogP contribution in [-0.2, 0) is 0 Å². The van der Waals surface area contributed by atoms with Gasteiger partial charge in [0.15, 0.2) is 0 Å². The Kier molecular flexibility index (Phi) is 4.51. The number of hydrogen-bond donors (Lipinski definition) is 0. The van der Waals surface area contributed by atoms with E-state index in [-0.39, 0.29) is 12.0 Å². The normalized spacial score (nSPS) is 14.5. The van der Waals surface area contributed by atoms with E-state index in [0.29, 0.717) is 6.08 Å². The zero-order chi connectivity index (χ0) is 15.6. The lowest BCUT2D eigenvalue weighted by Crippen LogP contribution is -2.52. The number of alkyl halides is 7. The molecule has 0 spiro atoms. The molecule has 112 valence electrons. The minimum Gasteiger partial charge on any atom is -0.194 e. The predicted molar refractivity (Wildman–Crippen MR) is 60.7 cm³/mol. The number of allylic oxidation sites excluding steroid dienone is 2. The molecular weight excluding hydrogens is 289 g/mol. The summed E-state index contributed by atoms with van der Waals surface area (Å²) in [6, 6.07) is 6.11. The number of halogens is 7. The Hall–Kier alpha value is -1.53. The van der Waals surface area contributed by atoms with Crippen LogP contribution in [0.5, 0.6) is 0 Å². The van der Waals surface area contributed by atoms with Gasteiger partial charge in [-0.1, -0.05) is 43.3 Å². The molecule has 1 aromatic carbocycles. The van der Waals surface area contributed by atoms with Crippen LogP contribution >= 0.6 is 0 Å². The maximum Gasteiger partial charge on any atom is 0.460 e. The Bertz CT molecular complexity index is 471. The van der Waals surface area contributed by atoms with E-state index >= 15 is 0 Å². The summed E-state index contributed by atoms with van der Waals surface area (Å²) in [7, 11) is 0. The lowest BCUT2D eigenvalue weighted by Gasteiger charge is -2.30. The standard InChI is InChI=1S/C13H11F7/c1-2-6-10(9-7-4-3-5-8-9)11(14,15)12(16,17)13(18,19)20/h3-8H,2H2,1H3/b10-6+. The molecular formula is C13H11F7. The highest BCUT2D eigenvalue weighted by molar-refractivity contribution is 5.72. The largest absolute Gasteiger partial charge is 0.460 e. The van der Waals surface area contributed by atoms with Crippen molar-refractivity contribution in [3.63, 3.8) is 0 Å². The van der Waals surface area contributed by atoms with Crippen LogP contribution in [0.3, 0.4) is 0 Å². The average molecular weight is 300 g/mol. The lowest BCUT2D eigenvalue weighted by molar-refractivity contribution is -0.338. The van der Waals surface area contributed by atoms with E-state index in [2.05, 4.69) is 0 Å². The van der Waals surface area contributed by atoms with Gasteiger partial charge >= 0.3 is 18.0 Å². The van der Waals surface area contributed by atoms with Crippen LogP contribution < -0.4 is 0 Å². The van der Waals surface area contributed by atoms with Crippen molar-refractivity contribution in [1.82, 2.24) is 0 Å². The molecule has 0 aliphatic heterocycles. The van der Waals surface area contributed by atoms with Gasteiger partial charge in [-0.25, -0.2) is 0 Å². The molecule has 1 aromatic rings. The van der Waals surface area contributed by atoms with Gasteiger partial charge in [-0.3, -0.25) is 0 Å². The van der Waals surface area contributed by atoms with Crippen molar-refractivity contribution in [2.24, 2.45) is 0 Å². The molecule has 0 aliphatic rings. The third-order valence-electron chi connectivity index (χ3n) is 2.58. The highest BCUT2D eigenvalue weighted by atomic mass is 19.4. The fourth-order valence-corrected chi connectivity index (χ4v) is 1.60. The van der Waals surface area contributed by atoms with E-state index in [1.807, 2.05) is 0 Å². The molecule has 0 fully saturated rings. The second kappa shape index (κ2) is 5.46. The van der Waals surface area contributed by atoms with Crippen molar-refractivity contribution in [1.29, 1.82) is 0 Å². The van der Waals surface area contributed by atoms with E-state index < -0.39 is 23.6 Å². The Morgan fingerprint density at radius 3 is 1.85 bits per heavy atom. The van der Waals surface area contributed by atoms with Gasteiger partial charge < -0.3 is 0 Å². The molecule has 0 heterocycles. The summed E-state index contributed by atoms with van der Waals surface area (Å²) in [6.45, 7) is 1.37. The summed E-state index contributed by atoms with van der Waals surface area (Å²) in [6.07, 6.45) is -5.76. The number of hydrogen-bond acceptors (Lipinski definition) is 0. The molecule has 1 rings (SSSR count). The van der Waals surface area contributed by atoms with Crippen LogP contribution in [0.2, 0.25) is 0 Å². The Morgan fingerprint density at radius 2 is 1.45 bits per heavy atom. The van der Waals surface area contributed by atoms with Gasteiger partial charge in [0.25, 0.3) is 0 Å². The highest BCUT2D eigenvalue weighted by Crippen LogP contribution is 2.52. The molecule has 0 amide bonds. The Labute approximate surface area is 110 Å². The molecule has 0 unspecified atom stereocenters. The highest BCUT2D eigenvalue weighted by Gasteiger charge is 2.74. The first kappa shape index (κ1) is 16.5. The average Bonchev–Trinajstić information content (AvgIpc) is 2.35. The molecule has 0 saturated heterocycles. The van der Waals surface area contributed by atoms with Crippen LogP contribution in [0.1, 0.15) is 18.9 Å². The Balaban J connectivity index is 3.39. The second-order valence-electron chi connectivity index (χ2n) is 4.04. The molecule has 0 aromatic heterocycles. The number of benzene rings is 1. The molecule has 0 atom stereocenters. The van der Waals surface area contributed by atoms with E-state index in [0.717, 1.165) is 12.1 Å². The van der Waals surface area contributed by atoms with Gasteiger partial charge in [0, 0.05) is 5.57 Å². The predicted octanol–water partition coefficient (Wildman–Crippen LogP) is 5.31.